The van der Waals surface area contributed by atoms with Gasteiger partial charge in [-0.05, 0) is 48.1 Å². The molecule has 0 aromatic rings. The first kappa shape index (κ1) is 12.5. The van der Waals surface area contributed by atoms with Crippen LogP contribution in [0.25, 0.3) is 0 Å². The molecule has 0 atom stereocenters. The second kappa shape index (κ2) is 4.53. The van der Waals surface area contributed by atoms with Crippen molar-refractivity contribution in [3.8, 4) is 0 Å². The smallest absolute Gasteiger partial charge is 0.0854 e. The summed E-state index contributed by atoms with van der Waals surface area (Å²) in [5.74, 6) is 0. The number of hydrogen-bond donors (Lipinski definition) is 1. The maximum Gasteiger partial charge on any atom is 0.0854 e. The van der Waals surface area contributed by atoms with Crippen molar-refractivity contribution < 1.29 is 5.11 Å². The van der Waals surface area contributed by atoms with Gasteiger partial charge in [-0.15, -0.1) is 0 Å². The molecule has 2 nitrogen and oxygen atoms in total. The second-order valence-corrected chi connectivity index (χ2v) is 5.19. The predicted octanol–water partition coefficient (Wildman–Crippen LogP) is 2.98. The third-order valence-electron chi connectivity index (χ3n) is 2.26. The molecule has 15 heavy (non-hydrogen) atoms. The first-order valence-corrected chi connectivity index (χ1v) is 5.82. The number of nitrogens with zero attached hydrogens (tertiary/aromatic N) is 1. The number of aliphatic hydroxyl groups is 1. The number of allylic oxidation sites excluding steroid dienone is 3. The Bertz CT molecular complexity index is 358. The molecule has 1 aliphatic heterocycles. The molecule has 0 saturated heterocycles. The normalized spacial score (nSPS) is 20.1. The summed E-state index contributed by atoms with van der Waals surface area (Å²) in [7, 11) is 1.97. The van der Waals surface area contributed by atoms with Crippen molar-refractivity contribution in [3.63, 3.8) is 0 Å². The number of likely N-dealkylation sites (N-methyl/N-ethyl adjacent to an activating group) is 1. The summed E-state index contributed by atoms with van der Waals surface area (Å²) in [5.41, 5.74) is 1.20. The van der Waals surface area contributed by atoms with Crippen LogP contribution in [0.15, 0.2) is 45.9 Å². The van der Waals surface area contributed by atoms with E-state index in [4.69, 9.17) is 0 Å². The van der Waals surface area contributed by atoms with Crippen molar-refractivity contribution in [3.05, 3.63) is 45.9 Å². The van der Waals surface area contributed by atoms with Crippen LogP contribution in [0.3, 0.4) is 0 Å². The molecule has 0 aliphatic carbocycles. The van der Waals surface area contributed by atoms with Crippen LogP contribution in [-0.4, -0.2) is 22.7 Å². The van der Waals surface area contributed by atoms with E-state index in [9.17, 15) is 5.11 Å². The van der Waals surface area contributed by atoms with Crippen LogP contribution in [0.1, 0.15) is 13.8 Å². The van der Waals surface area contributed by atoms with E-state index < -0.39 is 5.60 Å². The summed E-state index contributed by atoms with van der Waals surface area (Å²) in [4.78, 5) is 2.00. The number of rotatable bonds is 2. The molecular formula is C12H16INO. The molecule has 1 N–H and O–H groups in total. The lowest BCUT2D eigenvalue weighted by molar-refractivity contribution is 0.121. The molecule has 0 spiro atoms. The minimum atomic E-state index is -0.796. The van der Waals surface area contributed by atoms with Gasteiger partial charge in [0.15, 0.2) is 0 Å². The van der Waals surface area contributed by atoms with Crippen molar-refractivity contribution in [1.29, 1.82) is 0 Å². The molecule has 0 fully saturated rings. The van der Waals surface area contributed by atoms with Crippen LogP contribution < -0.4 is 0 Å². The molecule has 0 radical (unpaired) electrons. The second-order valence-electron chi connectivity index (χ2n) is 4.02. The van der Waals surface area contributed by atoms with E-state index >= 15 is 0 Å². The van der Waals surface area contributed by atoms with Gasteiger partial charge in [-0.2, -0.15) is 0 Å². The van der Waals surface area contributed by atoms with Crippen LogP contribution in [0.4, 0.5) is 0 Å². The standard InChI is InChI=1S/C12H16INO/c1-5-10(13)11-7-6-9(8-14(11)4)12(2,3)15/h5-8,15H,1H2,2-4H3/b11-10+. The molecule has 0 amide bonds. The maximum atomic E-state index is 9.86. The largest absolute Gasteiger partial charge is 0.386 e. The van der Waals surface area contributed by atoms with Gasteiger partial charge in [0, 0.05) is 16.8 Å². The zero-order valence-corrected chi connectivity index (χ0v) is 11.4. The van der Waals surface area contributed by atoms with Gasteiger partial charge in [0.05, 0.1) is 11.3 Å². The van der Waals surface area contributed by atoms with Gasteiger partial charge < -0.3 is 10.0 Å². The molecule has 3 heteroatoms. The molecule has 0 saturated carbocycles. The minimum absolute atomic E-state index is 0.796. The summed E-state index contributed by atoms with van der Waals surface area (Å²) in [6, 6.07) is 0. The molecule has 1 rings (SSSR count). The zero-order valence-electron chi connectivity index (χ0n) is 9.29. The Morgan fingerprint density at radius 3 is 2.53 bits per heavy atom. The summed E-state index contributed by atoms with van der Waals surface area (Å²) in [5, 5.41) is 9.86. The highest BCUT2D eigenvalue weighted by atomic mass is 127. The van der Waals surface area contributed by atoms with Crippen molar-refractivity contribution in [2.45, 2.75) is 19.4 Å². The van der Waals surface area contributed by atoms with E-state index in [2.05, 4.69) is 29.2 Å². The fraction of sp³-hybridized carbons (Fsp3) is 0.333. The highest BCUT2D eigenvalue weighted by Crippen LogP contribution is 2.27. The van der Waals surface area contributed by atoms with Crippen LogP contribution in [0, 0.1) is 0 Å². The van der Waals surface area contributed by atoms with E-state index in [1.165, 1.54) is 0 Å². The lowest BCUT2D eigenvalue weighted by Gasteiger charge is -2.27. The van der Waals surface area contributed by atoms with E-state index in [0.29, 0.717) is 0 Å². The molecule has 0 bridgehead atoms. The molecule has 1 heterocycles. The lowest BCUT2D eigenvalue weighted by atomic mass is 9.96. The average molecular weight is 317 g/mol. The van der Waals surface area contributed by atoms with Crippen molar-refractivity contribution in [2.24, 2.45) is 0 Å². The van der Waals surface area contributed by atoms with Crippen LogP contribution in [0.2, 0.25) is 0 Å². The van der Waals surface area contributed by atoms with Crippen molar-refractivity contribution in [1.82, 2.24) is 4.90 Å². The predicted molar refractivity (Wildman–Crippen MR) is 72.5 cm³/mol. The van der Waals surface area contributed by atoms with Crippen molar-refractivity contribution >= 4 is 22.6 Å². The Balaban J connectivity index is 3.04. The fourth-order valence-corrected chi connectivity index (χ4v) is 1.88. The van der Waals surface area contributed by atoms with Gasteiger partial charge in [0.25, 0.3) is 0 Å². The maximum absolute atomic E-state index is 9.86. The van der Waals surface area contributed by atoms with Gasteiger partial charge >= 0.3 is 0 Å². The lowest BCUT2D eigenvalue weighted by Crippen LogP contribution is -2.25. The number of hydrogen-bond acceptors (Lipinski definition) is 2. The SMILES string of the molecule is C=C/C(I)=C1/C=CC(C(C)(C)O)=CN1C. The molecule has 0 aromatic carbocycles. The van der Waals surface area contributed by atoms with Gasteiger partial charge in [0.2, 0.25) is 0 Å². The molecule has 0 aromatic heterocycles. The topological polar surface area (TPSA) is 23.5 Å². The van der Waals surface area contributed by atoms with Crippen molar-refractivity contribution in [2.75, 3.05) is 7.05 Å². The first-order valence-electron chi connectivity index (χ1n) is 4.74. The summed E-state index contributed by atoms with van der Waals surface area (Å²) < 4.78 is 1.09. The minimum Gasteiger partial charge on any atom is -0.386 e. The summed E-state index contributed by atoms with van der Waals surface area (Å²) >= 11 is 2.24. The van der Waals surface area contributed by atoms with E-state index in [1.807, 2.05) is 36.4 Å². The van der Waals surface area contributed by atoms with E-state index in [0.717, 1.165) is 14.8 Å². The monoisotopic (exact) mass is 317 g/mol. The third-order valence-corrected chi connectivity index (χ3v) is 3.26. The van der Waals surface area contributed by atoms with Gasteiger partial charge in [-0.25, -0.2) is 0 Å². The van der Waals surface area contributed by atoms with Gasteiger partial charge in [-0.3, -0.25) is 0 Å². The Labute approximate surface area is 105 Å². The van der Waals surface area contributed by atoms with Gasteiger partial charge in [-0.1, -0.05) is 18.7 Å². The summed E-state index contributed by atoms with van der Waals surface area (Å²) in [6.45, 7) is 7.31. The number of halogens is 1. The Hall–Kier alpha value is -0.550. The highest BCUT2D eigenvalue weighted by Gasteiger charge is 2.20. The Kier molecular flexibility index (Phi) is 3.78. The van der Waals surface area contributed by atoms with E-state index in [-0.39, 0.29) is 0 Å². The average Bonchev–Trinajstić information content (AvgIpc) is 2.15. The first-order chi connectivity index (χ1) is 6.86. The molecule has 0 unspecified atom stereocenters. The molecule has 82 valence electrons. The Morgan fingerprint density at radius 2 is 2.13 bits per heavy atom. The van der Waals surface area contributed by atoms with E-state index in [1.54, 1.807) is 13.8 Å². The van der Waals surface area contributed by atoms with Crippen LogP contribution >= 0.6 is 22.6 Å². The quantitative estimate of drug-likeness (QED) is 0.792. The Morgan fingerprint density at radius 1 is 1.53 bits per heavy atom. The highest BCUT2D eigenvalue weighted by molar-refractivity contribution is 14.1. The summed E-state index contributed by atoms with van der Waals surface area (Å²) in [6.07, 6.45) is 7.70. The van der Waals surface area contributed by atoms with Crippen LogP contribution in [0.5, 0.6) is 0 Å². The zero-order chi connectivity index (χ0) is 11.6. The third kappa shape index (κ3) is 2.95. The van der Waals surface area contributed by atoms with Crippen LogP contribution in [-0.2, 0) is 0 Å². The molecular weight excluding hydrogens is 301 g/mol. The fourth-order valence-electron chi connectivity index (χ4n) is 1.32. The molecule has 1 aliphatic rings. The van der Waals surface area contributed by atoms with Gasteiger partial charge in [0.1, 0.15) is 0 Å².